The molecule has 8 rings (SSSR count). The second kappa shape index (κ2) is 8.33. The molecule has 0 saturated heterocycles. The van der Waals surface area contributed by atoms with E-state index in [0.717, 1.165) is 6.42 Å². The first-order chi connectivity index (χ1) is 18.9. The lowest BCUT2D eigenvalue weighted by Crippen LogP contribution is -1.98. The molecule has 178 valence electrons. The molecule has 7 aromatic rings. The maximum Gasteiger partial charge on any atom is 0.0541 e. The molecule has 1 aliphatic rings. The van der Waals surface area contributed by atoms with Crippen molar-refractivity contribution in [2.45, 2.75) is 6.42 Å². The predicted octanol–water partition coefficient (Wildman–Crippen LogP) is 9.69. The molecule has 6 aromatic carbocycles. The minimum absolute atomic E-state index is 0.999. The van der Waals surface area contributed by atoms with Crippen LogP contribution in [0, 0.1) is 0 Å². The summed E-state index contributed by atoms with van der Waals surface area (Å²) in [5.41, 5.74) is 14.3. The highest BCUT2D eigenvalue weighted by atomic mass is 15.0. The van der Waals surface area contributed by atoms with Gasteiger partial charge in [-0.3, -0.25) is 0 Å². The summed E-state index contributed by atoms with van der Waals surface area (Å²) < 4.78 is 2.43. The Hall–Kier alpha value is -4.88. The summed E-state index contributed by atoms with van der Waals surface area (Å²) in [5.74, 6) is 0. The quantitative estimate of drug-likeness (QED) is 0.236. The van der Waals surface area contributed by atoms with E-state index < -0.39 is 0 Å². The third-order valence-corrected chi connectivity index (χ3v) is 8.05. The van der Waals surface area contributed by atoms with E-state index >= 15 is 0 Å². The van der Waals surface area contributed by atoms with E-state index in [4.69, 9.17) is 0 Å². The second-order valence-corrected chi connectivity index (χ2v) is 10.1. The first kappa shape index (κ1) is 21.2. The van der Waals surface area contributed by atoms with Crippen LogP contribution in [0.5, 0.6) is 0 Å². The lowest BCUT2D eigenvalue weighted by Gasteiger charge is -2.17. The molecule has 1 aromatic heterocycles. The average Bonchev–Trinajstić information content (AvgIpc) is 3.52. The molecule has 1 aliphatic carbocycles. The van der Waals surface area contributed by atoms with Crippen molar-refractivity contribution in [3.63, 3.8) is 0 Å². The van der Waals surface area contributed by atoms with Gasteiger partial charge in [0.25, 0.3) is 0 Å². The van der Waals surface area contributed by atoms with Crippen LogP contribution in [0.15, 0.2) is 140 Å². The smallest absolute Gasteiger partial charge is 0.0541 e. The lowest BCUT2D eigenvalue weighted by atomic mass is 9.91. The van der Waals surface area contributed by atoms with Gasteiger partial charge in [0.05, 0.1) is 16.7 Å². The monoisotopic (exact) mass is 483 g/mol. The third-order valence-electron chi connectivity index (χ3n) is 8.05. The molecule has 38 heavy (non-hydrogen) atoms. The number of para-hydroxylation sites is 3. The highest BCUT2D eigenvalue weighted by Crippen LogP contribution is 2.42. The summed E-state index contributed by atoms with van der Waals surface area (Å²) >= 11 is 0. The molecule has 0 N–H and O–H groups in total. The van der Waals surface area contributed by atoms with E-state index in [2.05, 4.69) is 144 Å². The van der Waals surface area contributed by atoms with Crippen molar-refractivity contribution in [1.29, 1.82) is 0 Å². The number of rotatable bonds is 3. The minimum Gasteiger partial charge on any atom is -0.309 e. The number of benzene rings is 6. The largest absolute Gasteiger partial charge is 0.309 e. The molecule has 0 radical (unpaired) electrons. The van der Waals surface area contributed by atoms with Gasteiger partial charge in [0.1, 0.15) is 0 Å². The van der Waals surface area contributed by atoms with Crippen LogP contribution in [0.25, 0.3) is 60.9 Å². The molecule has 1 heterocycles. The molecule has 0 aliphatic heterocycles. The van der Waals surface area contributed by atoms with E-state index in [1.807, 2.05) is 0 Å². The molecule has 0 unspecified atom stereocenters. The molecule has 0 saturated carbocycles. The molecular formula is C37H25N. The third kappa shape index (κ3) is 3.12. The van der Waals surface area contributed by atoms with Crippen LogP contribution >= 0.6 is 0 Å². The van der Waals surface area contributed by atoms with Crippen LogP contribution in [0.2, 0.25) is 0 Å². The summed E-state index contributed by atoms with van der Waals surface area (Å²) in [6.07, 6.45) is 0.999. The normalized spacial score (nSPS) is 12.1. The fraction of sp³-hybridized carbons (Fsp3) is 0.0270. The Labute approximate surface area is 222 Å². The van der Waals surface area contributed by atoms with Crippen molar-refractivity contribution in [2.24, 2.45) is 0 Å². The molecule has 0 spiro atoms. The van der Waals surface area contributed by atoms with Crippen LogP contribution in [-0.2, 0) is 6.42 Å². The molecule has 0 amide bonds. The first-order valence-electron chi connectivity index (χ1n) is 13.3. The van der Waals surface area contributed by atoms with Crippen molar-refractivity contribution < 1.29 is 0 Å². The fourth-order valence-corrected chi connectivity index (χ4v) is 6.36. The van der Waals surface area contributed by atoms with Crippen LogP contribution in [0.1, 0.15) is 11.1 Å². The van der Waals surface area contributed by atoms with E-state index in [9.17, 15) is 0 Å². The Bertz CT molecular complexity index is 1950. The van der Waals surface area contributed by atoms with Gasteiger partial charge < -0.3 is 4.57 Å². The minimum atomic E-state index is 0.999. The van der Waals surface area contributed by atoms with Gasteiger partial charge in [-0.05, 0) is 63.6 Å². The highest BCUT2D eigenvalue weighted by molar-refractivity contribution is 6.10. The Balaban J connectivity index is 1.34. The van der Waals surface area contributed by atoms with Gasteiger partial charge in [-0.1, -0.05) is 121 Å². The fourth-order valence-electron chi connectivity index (χ4n) is 6.36. The summed E-state index contributed by atoms with van der Waals surface area (Å²) in [5, 5.41) is 2.56. The highest BCUT2D eigenvalue weighted by Gasteiger charge is 2.20. The van der Waals surface area contributed by atoms with Gasteiger partial charge >= 0.3 is 0 Å². The molecule has 0 bridgehead atoms. The average molecular weight is 484 g/mol. The Kier molecular flexibility index (Phi) is 4.65. The number of hydrogen-bond donors (Lipinski definition) is 0. The number of hydrogen-bond acceptors (Lipinski definition) is 0. The Morgan fingerprint density at radius 1 is 0.395 bits per heavy atom. The lowest BCUT2D eigenvalue weighted by molar-refractivity contribution is 1.18. The topological polar surface area (TPSA) is 4.93 Å². The Morgan fingerprint density at radius 2 is 0.947 bits per heavy atom. The molecule has 1 nitrogen and oxygen atoms in total. The van der Waals surface area contributed by atoms with E-state index in [-0.39, 0.29) is 0 Å². The van der Waals surface area contributed by atoms with E-state index in [1.54, 1.807) is 0 Å². The van der Waals surface area contributed by atoms with Gasteiger partial charge in [0.15, 0.2) is 0 Å². The number of fused-ring (bicyclic) bond motifs is 6. The van der Waals surface area contributed by atoms with Crippen LogP contribution < -0.4 is 0 Å². The van der Waals surface area contributed by atoms with Crippen molar-refractivity contribution in [3.8, 4) is 39.1 Å². The maximum atomic E-state index is 2.43. The standard InChI is InChI=1S/C37H25N/c1-2-12-28-25(11-1)23-27-24-26(21-22-30(27)28)29-13-3-4-14-31(29)32-15-5-8-18-35(32)38-36-19-9-6-16-33(36)34-17-7-10-20-37(34)38/h1-22,24H,23H2. The SMILES string of the molecule is c1ccc2c(c1)Cc1cc(-c3ccccc3-c3ccccc3-n3c4ccccc4c4ccccc43)ccc1-2. The molecular weight excluding hydrogens is 458 g/mol. The number of aromatic nitrogens is 1. The summed E-state index contributed by atoms with van der Waals surface area (Å²) in [6, 6.07) is 50.9. The van der Waals surface area contributed by atoms with Gasteiger partial charge in [-0.2, -0.15) is 0 Å². The van der Waals surface area contributed by atoms with Crippen LogP contribution in [0.3, 0.4) is 0 Å². The van der Waals surface area contributed by atoms with Crippen LogP contribution in [-0.4, -0.2) is 4.57 Å². The zero-order valence-electron chi connectivity index (χ0n) is 20.9. The van der Waals surface area contributed by atoms with Gasteiger partial charge in [-0.15, -0.1) is 0 Å². The van der Waals surface area contributed by atoms with E-state index in [0.29, 0.717) is 0 Å². The maximum absolute atomic E-state index is 2.43. The first-order valence-corrected chi connectivity index (χ1v) is 13.3. The predicted molar refractivity (Wildman–Crippen MR) is 160 cm³/mol. The van der Waals surface area contributed by atoms with Gasteiger partial charge in [0.2, 0.25) is 0 Å². The van der Waals surface area contributed by atoms with Crippen molar-refractivity contribution in [3.05, 3.63) is 151 Å². The van der Waals surface area contributed by atoms with Gasteiger partial charge in [0, 0.05) is 16.3 Å². The van der Waals surface area contributed by atoms with Crippen molar-refractivity contribution in [1.82, 2.24) is 4.57 Å². The van der Waals surface area contributed by atoms with Crippen LogP contribution in [0.4, 0.5) is 0 Å². The molecule has 0 fully saturated rings. The van der Waals surface area contributed by atoms with Crippen molar-refractivity contribution >= 4 is 21.8 Å². The summed E-state index contributed by atoms with van der Waals surface area (Å²) in [4.78, 5) is 0. The second-order valence-electron chi connectivity index (χ2n) is 10.1. The summed E-state index contributed by atoms with van der Waals surface area (Å²) in [6.45, 7) is 0. The van der Waals surface area contributed by atoms with E-state index in [1.165, 1.54) is 72.0 Å². The summed E-state index contributed by atoms with van der Waals surface area (Å²) in [7, 11) is 0. The molecule has 0 atom stereocenters. The molecule has 1 heteroatoms. The zero-order chi connectivity index (χ0) is 25.1. The van der Waals surface area contributed by atoms with Gasteiger partial charge in [-0.25, -0.2) is 0 Å². The number of nitrogens with zero attached hydrogens (tertiary/aromatic N) is 1. The Morgan fingerprint density at radius 3 is 1.71 bits per heavy atom. The zero-order valence-corrected chi connectivity index (χ0v) is 20.9. The van der Waals surface area contributed by atoms with Crippen molar-refractivity contribution in [2.75, 3.05) is 0 Å².